The lowest BCUT2D eigenvalue weighted by Gasteiger charge is -2.13. The Balaban J connectivity index is 1.63. The molecule has 6 nitrogen and oxygen atoms in total. The van der Waals surface area contributed by atoms with Gasteiger partial charge in [0.05, 0.1) is 22.6 Å². The maximum atomic E-state index is 12.8. The van der Waals surface area contributed by atoms with Crippen LogP contribution in [-0.4, -0.2) is 20.5 Å². The highest BCUT2D eigenvalue weighted by Gasteiger charge is 2.16. The number of benzene rings is 2. The Kier molecular flexibility index (Phi) is 4.30. The molecule has 2 heterocycles. The fourth-order valence-corrected chi connectivity index (χ4v) is 2.85. The summed E-state index contributed by atoms with van der Waals surface area (Å²) in [5.74, 6) is 1.00. The molecular weight excluding hydrogens is 340 g/mol. The molecule has 6 heteroatoms. The maximum absolute atomic E-state index is 12.8. The average molecular weight is 358 g/mol. The van der Waals surface area contributed by atoms with Gasteiger partial charge >= 0.3 is 0 Å². The van der Waals surface area contributed by atoms with Gasteiger partial charge < -0.3 is 10.1 Å². The molecular formula is C21H18N4O2. The van der Waals surface area contributed by atoms with E-state index in [9.17, 15) is 4.79 Å². The van der Waals surface area contributed by atoms with Gasteiger partial charge in [-0.2, -0.15) is 5.10 Å². The van der Waals surface area contributed by atoms with E-state index in [2.05, 4.69) is 15.4 Å². The molecule has 4 aromatic rings. The second kappa shape index (κ2) is 6.92. The van der Waals surface area contributed by atoms with Crippen LogP contribution in [0, 0.1) is 13.8 Å². The van der Waals surface area contributed by atoms with Gasteiger partial charge in [0.1, 0.15) is 5.75 Å². The molecule has 4 rings (SSSR count). The number of aryl methyl sites for hydroxylation is 2. The molecule has 0 fully saturated rings. The van der Waals surface area contributed by atoms with E-state index in [4.69, 9.17) is 4.74 Å². The topological polar surface area (TPSA) is 68.5 Å². The van der Waals surface area contributed by atoms with Crippen LogP contribution in [0.5, 0.6) is 11.5 Å². The molecule has 0 atom stereocenters. The molecule has 0 saturated carbocycles. The first-order valence-corrected chi connectivity index (χ1v) is 8.57. The van der Waals surface area contributed by atoms with Gasteiger partial charge in [0.2, 0.25) is 0 Å². The monoisotopic (exact) mass is 358 g/mol. The third-order valence-corrected chi connectivity index (χ3v) is 4.20. The van der Waals surface area contributed by atoms with Crippen molar-refractivity contribution >= 4 is 17.2 Å². The second-order valence-electron chi connectivity index (χ2n) is 6.18. The van der Waals surface area contributed by atoms with Crippen molar-refractivity contribution in [3.63, 3.8) is 0 Å². The predicted molar refractivity (Wildman–Crippen MR) is 103 cm³/mol. The number of carbonyl (C=O) groups is 1. The van der Waals surface area contributed by atoms with Gasteiger partial charge in [0.25, 0.3) is 5.91 Å². The van der Waals surface area contributed by atoms with Gasteiger partial charge in [-0.25, -0.2) is 9.50 Å². The van der Waals surface area contributed by atoms with Crippen LogP contribution in [0.1, 0.15) is 21.7 Å². The number of fused-ring (bicyclic) bond motifs is 1. The Morgan fingerprint density at radius 1 is 1.04 bits per heavy atom. The summed E-state index contributed by atoms with van der Waals surface area (Å²) in [6.07, 6.45) is 1.57. The Hall–Kier alpha value is -3.67. The highest BCUT2D eigenvalue weighted by molar-refractivity contribution is 6.05. The summed E-state index contributed by atoms with van der Waals surface area (Å²) in [7, 11) is 0. The molecule has 1 N–H and O–H groups in total. The highest BCUT2D eigenvalue weighted by Crippen LogP contribution is 2.29. The molecule has 27 heavy (non-hydrogen) atoms. The lowest BCUT2D eigenvalue weighted by atomic mass is 10.2. The van der Waals surface area contributed by atoms with Gasteiger partial charge in [-0.1, -0.05) is 30.3 Å². The minimum absolute atomic E-state index is 0.265. The SMILES string of the molecule is Cc1cc2ncc(C(=O)Nc3ccccc3Oc3ccccc3)c(C)n2n1. The van der Waals surface area contributed by atoms with Crippen LogP contribution < -0.4 is 10.1 Å². The highest BCUT2D eigenvalue weighted by atomic mass is 16.5. The predicted octanol–water partition coefficient (Wildman–Crippen LogP) is 4.39. The maximum Gasteiger partial charge on any atom is 0.259 e. The molecule has 1 amide bonds. The number of nitrogens with zero attached hydrogens (tertiary/aromatic N) is 3. The lowest BCUT2D eigenvalue weighted by molar-refractivity contribution is 0.102. The van der Waals surface area contributed by atoms with Crippen molar-refractivity contribution in [3.8, 4) is 11.5 Å². The number of amides is 1. The zero-order chi connectivity index (χ0) is 18.8. The van der Waals surface area contributed by atoms with E-state index in [1.807, 2.05) is 68.4 Å². The van der Waals surface area contributed by atoms with Gasteiger partial charge in [0, 0.05) is 12.3 Å². The molecule has 0 spiro atoms. The van der Waals surface area contributed by atoms with Gasteiger partial charge in [-0.15, -0.1) is 0 Å². The molecule has 0 aliphatic rings. The summed E-state index contributed by atoms with van der Waals surface area (Å²) in [6, 6.07) is 18.6. The normalized spacial score (nSPS) is 10.7. The van der Waals surface area contributed by atoms with E-state index in [0.29, 0.717) is 22.7 Å². The smallest absolute Gasteiger partial charge is 0.259 e. The van der Waals surface area contributed by atoms with Crippen LogP contribution in [0.15, 0.2) is 66.9 Å². The Morgan fingerprint density at radius 3 is 2.59 bits per heavy atom. The number of carbonyl (C=O) groups excluding carboxylic acids is 1. The number of aromatic nitrogens is 3. The van der Waals surface area contributed by atoms with Crippen LogP contribution in [0.3, 0.4) is 0 Å². The second-order valence-corrected chi connectivity index (χ2v) is 6.18. The standard InChI is InChI=1S/C21H18N4O2/c1-14-12-20-22-13-17(15(2)25(20)24-14)21(26)23-18-10-6-7-11-19(18)27-16-8-4-3-5-9-16/h3-13H,1-2H3,(H,23,26). The molecule has 0 radical (unpaired) electrons. The van der Waals surface area contributed by atoms with E-state index in [0.717, 1.165) is 17.0 Å². The summed E-state index contributed by atoms with van der Waals surface area (Å²) in [6.45, 7) is 3.74. The number of para-hydroxylation sites is 3. The first-order chi connectivity index (χ1) is 13.1. The average Bonchev–Trinajstić information content (AvgIpc) is 3.06. The summed E-state index contributed by atoms with van der Waals surface area (Å²) < 4.78 is 7.58. The fraction of sp³-hybridized carbons (Fsp3) is 0.0952. The lowest BCUT2D eigenvalue weighted by Crippen LogP contribution is -2.16. The Labute approximate surface area is 156 Å². The summed E-state index contributed by atoms with van der Waals surface area (Å²) >= 11 is 0. The fourth-order valence-electron chi connectivity index (χ4n) is 2.85. The van der Waals surface area contributed by atoms with Crippen molar-refractivity contribution in [3.05, 3.63) is 83.8 Å². The zero-order valence-corrected chi connectivity index (χ0v) is 15.0. The van der Waals surface area contributed by atoms with Crippen molar-refractivity contribution in [2.45, 2.75) is 13.8 Å². The molecule has 0 aliphatic heterocycles. The number of rotatable bonds is 4. The van der Waals surface area contributed by atoms with E-state index in [1.54, 1.807) is 16.8 Å². The Bertz CT molecular complexity index is 1120. The quantitative estimate of drug-likeness (QED) is 0.587. The minimum Gasteiger partial charge on any atom is -0.455 e. The number of ether oxygens (including phenoxy) is 1. The van der Waals surface area contributed by atoms with Crippen LogP contribution in [0.25, 0.3) is 5.65 Å². The van der Waals surface area contributed by atoms with Crippen LogP contribution >= 0.6 is 0 Å². The Morgan fingerprint density at radius 2 is 1.78 bits per heavy atom. The van der Waals surface area contributed by atoms with Gasteiger partial charge in [0.15, 0.2) is 11.4 Å². The zero-order valence-electron chi connectivity index (χ0n) is 15.0. The van der Waals surface area contributed by atoms with E-state index < -0.39 is 0 Å². The van der Waals surface area contributed by atoms with Crippen LogP contribution in [0.2, 0.25) is 0 Å². The molecule has 0 aliphatic carbocycles. The minimum atomic E-state index is -0.265. The van der Waals surface area contributed by atoms with E-state index >= 15 is 0 Å². The van der Waals surface area contributed by atoms with E-state index in [-0.39, 0.29) is 5.91 Å². The summed E-state index contributed by atoms with van der Waals surface area (Å²) in [5, 5.41) is 7.30. The number of anilines is 1. The van der Waals surface area contributed by atoms with Crippen LogP contribution in [-0.2, 0) is 0 Å². The first-order valence-electron chi connectivity index (χ1n) is 8.57. The number of hydrogen-bond donors (Lipinski definition) is 1. The first kappa shape index (κ1) is 16.8. The summed E-state index contributed by atoms with van der Waals surface area (Å²) in [5.41, 5.74) is 3.34. The third kappa shape index (κ3) is 3.37. The molecule has 0 bridgehead atoms. The molecule has 2 aromatic heterocycles. The van der Waals surface area contributed by atoms with Crippen molar-refractivity contribution in [1.29, 1.82) is 0 Å². The van der Waals surface area contributed by atoms with Crippen LogP contribution in [0.4, 0.5) is 5.69 Å². The largest absolute Gasteiger partial charge is 0.455 e. The summed E-state index contributed by atoms with van der Waals surface area (Å²) in [4.78, 5) is 17.2. The van der Waals surface area contributed by atoms with Crippen molar-refractivity contribution in [1.82, 2.24) is 14.6 Å². The third-order valence-electron chi connectivity index (χ3n) is 4.20. The number of nitrogens with one attached hydrogen (secondary N) is 1. The van der Waals surface area contributed by atoms with Crippen molar-refractivity contribution in [2.75, 3.05) is 5.32 Å². The van der Waals surface area contributed by atoms with Crippen molar-refractivity contribution < 1.29 is 9.53 Å². The molecule has 0 unspecified atom stereocenters. The van der Waals surface area contributed by atoms with Gasteiger partial charge in [-0.3, -0.25) is 4.79 Å². The van der Waals surface area contributed by atoms with E-state index in [1.165, 1.54) is 0 Å². The van der Waals surface area contributed by atoms with Gasteiger partial charge in [-0.05, 0) is 38.1 Å². The molecule has 2 aromatic carbocycles. The molecule has 134 valence electrons. The van der Waals surface area contributed by atoms with Crippen molar-refractivity contribution in [2.24, 2.45) is 0 Å². The number of hydrogen-bond acceptors (Lipinski definition) is 4. The molecule has 0 saturated heterocycles.